The molecule has 1 spiro atoms. The average Bonchev–Trinajstić information content (AvgIpc) is 2.53. The van der Waals surface area contributed by atoms with E-state index in [2.05, 4.69) is 17.1 Å². The molecular formula is C10H20N2W. The van der Waals surface area contributed by atoms with Crippen LogP contribution in [-0.2, 0) is 21.1 Å². The monoisotopic (exact) mass is 352 g/mol. The summed E-state index contributed by atoms with van der Waals surface area (Å²) in [5, 5.41) is 3.69. The van der Waals surface area contributed by atoms with Crippen LogP contribution in [0.4, 0.5) is 0 Å². The van der Waals surface area contributed by atoms with Gasteiger partial charge in [-0.2, -0.15) is 0 Å². The van der Waals surface area contributed by atoms with Crippen molar-refractivity contribution in [3.8, 4) is 0 Å². The van der Waals surface area contributed by atoms with E-state index in [9.17, 15) is 0 Å². The molecule has 1 N–H and O–H groups in total. The molecule has 2 nitrogen and oxygen atoms in total. The fourth-order valence-electron chi connectivity index (χ4n) is 2.71. The van der Waals surface area contributed by atoms with Gasteiger partial charge in [0.15, 0.2) is 0 Å². The van der Waals surface area contributed by atoms with E-state index < -0.39 is 0 Å². The Hall–Kier alpha value is 0.608. The summed E-state index contributed by atoms with van der Waals surface area (Å²) < 4.78 is 0. The molecule has 0 aromatic heterocycles. The second kappa shape index (κ2) is 4.91. The smallest absolute Gasteiger partial charge is 0.0309 e. The van der Waals surface area contributed by atoms with Crippen LogP contribution in [0.1, 0.15) is 32.6 Å². The Balaban J connectivity index is 0.000000845. The van der Waals surface area contributed by atoms with Crippen molar-refractivity contribution in [3.05, 3.63) is 0 Å². The Bertz CT molecular complexity index is 155. The first-order valence-corrected chi connectivity index (χ1v) is 5.32. The molecule has 2 fully saturated rings. The van der Waals surface area contributed by atoms with Crippen LogP contribution >= 0.6 is 0 Å². The molecule has 13 heavy (non-hydrogen) atoms. The maximum Gasteiger partial charge on any atom is 0.0309 e. The summed E-state index contributed by atoms with van der Waals surface area (Å²) in [5.74, 6) is 0. The fourth-order valence-corrected chi connectivity index (χ4v) is 2.71. The van der Waals surface area contributed by atoms with Gasteiger partial charge in [0.25, 0.3) is 0 Å². The fraction of sp³-hybridized carbons (Fsp3) is 1.00. The first kappa shape index (κ1) is 11.7. The van der Waals surface area contributed by atoms with E-state index in [0.29, 0.717) is 5.54 Å². The zero-order valence-corrected chi connectivity index (χ0v) is 11.4. The van der Waals surface area contributed by atoms with Gasteiger partial charge in [0.1, 0.15) is 0 Å². The quantitative estimate of drug-likeness (QED) is 0.764. The molecule has 2 saturated heterocycles. The Morgan fingerprint density at radius 3 is 2.69 bits per heavy atom. The van der Waals surface area contributed by atoms with Gasteiger partial charge in [-0.15, -0.1) is 0 Å². The van der Waals surface area contributed by atoms with Crippen molar-refractivity contribution in [2.24, 2.45) is 0 Å². The minimum Gasteiger partial charge on any atom is -0.310 e. The molecule has 3 heteroatoms. The summed E-state index contributed by atoms with van der Waals surface area (Å²) in [5.41, 5.74) is 0.522. The van der Waals surface area contributed by atoms with E-state index in [-0.39, 0.29) is 21.1 Å². The van der Waals surface area contributed by atoms with E-state index in [4.69, 9.17) is 0 Å². The van der Waals surface area contributed by atoms with Crippen LogP contribution < -0.4 is 5.32 Å². The molecule has 0 bridgehead atoms. The molecule has 2 rings (SSSR count). The number of piperidine rings is 1. The Labute approximate surface area is 95.7 Å². The van der Waals surface area contributed by atoms with Crippen LogP contribution in [0.5, 0.6) is 0 Å². The molecule has 76 valence electrons. The molecule has 0 aromatic carbocycles. The summed E-state index contributed by atoms with van der Waals surface area (Å²) in [6, 6.07) is 0. The molecule has 2 aliphatic heterocycles. The van der Waals surface area contributed by atoms with Gasteiger partial charge in [0.2, 0.25) is 0 Å². The van der Waals surface area contributed by atoms with Crippen molar-refractivity contribution >= 4 is 0 Å². The Morgan fingerprint density at radius 1 is 1.31 bits per heavy atom. The van der Waals surface area contributed by atoms with Crippen molar-refractivity contribution < 1.29 is 21.1 Å². The first-order valence-electron chi connectivity index (χ1n) is 5.32. The zero-order chi connectivity index (χ0) is 8.44. The van der Waals surface area contributed by atoms with Crippen molar-refractivity contribution in [1.82, 2.24) is 10.2 Å². The van der Waals surface area contributed by atoms with E-state index in [1.165, 1.54) is 51.9 Å². The number of likely N-dealkylation sites (N-methyl/N-ethyl adjacent to an activating group) is 1. The number of likely N-dealkylation sites (tertiary alicyclic amines) is 1. The number of hydrogen-bond acceptors (Lipinski definition) is 2. The molecule has 0 saturated carbocycles. The maximum atomic E-state index is 3.69. The predicted molar refractivity (Wildman–Crippen MR) is 51.3 cm³/mol. The van der Waals surface area contributed by atoms with Crippen LogP contribution in [0.15, 0.2) is 0 Å². The Morgan fingerprint density at radius 2 is 2.08 bits per heavy atom. The van der Waals surface area contributed by atoms with Gasteiger partial charge < -0.3 is 10.2 Å². The van der Waals surface area contributed by atoms with Crippen molar-refractivity contribution in [2.45, 2.75) is 38.1 Å². The predicted octanol–water partition coefficient (Wildman–Crippen LogP) is 1.22. The van der Waals surface area contributed by atoms with Gasteiger partial charge >= 0.3 is 0 Å². The van der Waals surface area contributed by atoms with Gasteiger partial charge in [-0.1, -0.05) is 6.92 Å². The summed E-state index contributed by atoms with van der Waals surface area (Å²) in [7, 11) is 0. The number of nitrogens with one attached hydrogen (secondary N) is 1. The first-order chi connectivity index (χ1) is 5.85. The molecule has 0 aliphatic carbocycles. The third-order valence-corrected chi connectivity index (χ3v) is 3.44. The van der Waals surface area contributed by atoms with Gasteiger partial charge in [-0.3, -0.25) is 0 Å². The molecule has 2 heterocycles. The normalized spacial score (nSPS) is 34.8. The molecule has 0 amide bonds. The largest absolute Gasteiger partial charge is 0.310 e. The van der Waals surface area contributed by atoms with Gasteiger partial charge in [0.05, 0.1) is 0 Å². The number of hydrogen-bond donors (Lipinski definition) is 1. The summed E-state index contributed by atoms with van der Waals surface area (Å²) in [4.78, 5) is 2.59. The van der Waals surface area contributed by atoms with Crippen molar-refractivity contribution in [2.75, 3.05) is 26.2 Å². The van der Waals surface area contributed by atoms with Crippen LogP contribution in [0.25, 0.3) is 0 Å². The summed E-state index contributed by atoms with van der Waals surface area (Å²) in [6.07, 6.45) is 5.59. The van der Waals surface area contributed by atoms with Crippen LogP contribution in [0.3, 0.4) is 0 Å². The Kier molecular flexibility index (Phi) is 4.41. The second-order valence-electron chi connectivity index (χ2n) is 4.28. The van der Waals surface area contributed by atoms with E-state index >= 15 is 0 Å². The second-order valence-corrected chi connectivity index (χ2v) is 4.28. The number of nitrogens with zero attached hydrogens (tertiary/aromatic N) is 1. The minimum absolute atomic E-state index is 0. The molecule has 0 radical (unpaired) electrons. The molecule has 1 atom stereocenters. The average molecular weight is 352 g/mol. The van der Waals surface area contributed by atoms with E-state index in [1.807, 2.05) is 0 Å². The third-order valence-electron chi connectivity index (χ3n) is 3.44. The summed E-state index contributed by atoms with van der Waals surface area (Å²) in [6.45, 7) is 7.36. The SMILES string of the molecule is CCN1CCCC2(CCCN2)C1.[W]. The summed E-state index contributed by atoms with van der Waals surface area (Å²) >= 11 is 0. The van der Waals surface area contributed by atoms with Gasteiger partial charge in [-0.25, -0.2) is 0 Å². The molecule has 1 unspecified atom stereocenters. The van der Waals surface area contributed by atoms with E-state index in [1.54, 1.807) is 0 Å². The molecular weight excluding hydrogens is 332 g/mol. The van der Waals surface area contributed by atoms with Crippen molar-refractivity contribution in [3.63, 3.8) is 0 Å². The minimum atomic E-state index is 0. The van der Waals surface area contributed by atoms with E-state index in [0.717, 1.165) is 0 Å². The number of rotatable bonds is 1. The van der Waals surface area contributed by atoms with Crippen LogP contribution in [-0.4, -0.2) is 36.6 Å². The standard InChI is InChI=1S/C10H20N2.W/c1-2-12-8-4-6-10(9-12)5-3-7-11-10;/h11H,2-9H2,1H3;. The van der Waals surface area contributed by atoms with Crippen LogP contribution in [0.2, 0.25) is 0 Å². The third kappa shape index (κ3) is 2.55. The van der Waals surface area contributed by atoms with Crippen LogP contribution in [0, 0.1) is 0 Å². The van der Waals surface area contributed by atoms with Gasteiger partial charge in [0, 0.05) is 33.1 Å². The topological polar surface area (TPSA) is 15.3 Å². The molecule has 0 aromatic rings. The molecule has 2 aliphatic rings. The van der Waals surface area contributed by atoms with Gasteiger partial charge in [-0.05, 0) is 45.3 Å². The maximum absolute atomic E-state index is 3.69. The van der Waals surface area contributed by atoms with Crippen molar-refractivity contribution in [1.29, 1.82) is 0 Å². The zero-order valence-electron chi connectivity index (χ0n) is 8.51.